The van der Waals surface area contributed by atoms with Crippen molar-refractivity contribution in [1.82, 2.24) is 5.32 Å². The van der Waals surface area contributed by atoms with Crippen LogP contribution in [0.5, 0.6) is 5.75 Å². The molecule has 0 heterocycles. The van der Waals surface area contributed by atoms with Crippen molar-refractivity contribution in [3.05, 3.63) is 29.8 Å². The number of benzene rings is 1. The third kappa shape index (κ3) is 6.72. The summed E-state index contributed by atoms with van der Waals surface area (Å²) in [4.78, 5) is 0. The second-order valence-electron chi connectivity index (χ2n) is 5.13. The van der Waals surface area contributed by atoms with Crippen molar-refractivity contribution < 1.29 is 9.84 Å². The summed E-state index contributed by atoms with van der Waals surface area (Å²) >= 11 is 1.90. The molecule has 0 radical (unpaired) electrons. The van der Waals surface area contributed by atoms with Gasteiger partial charge in [-0.25, -0.2) is 0 Å². The van der Waals surface area contributed by atoms with E-state index < -0.39 is 0 Å². The number of nitrogens with one attached hydrogen (secondary N) is 1. The van der Waals surface area contributed by atoms with Crippen LogP contribution in [0.4, 0.5) is 0 Å². The Morgan fingerprint density at radius 3 is 2.71 bits per heavy atom. The van der Waals surface area contributed by atoms with Crippen LogP contribution in [0.25, 0.3) is 0 Å². The maximum Gasteiger partial charge on any atom is 0.124 e. The summed E-state index contributed by atoms with van der Waals surface area (Å²) < 4.78 is 5.76. The third-order valence-electron chi connectivity index (χ3n) is 3.32. The molecule has 0 saturated carbocycles. The average Bonchev–Trinajstić information content (AvgIpc) is 2.49. The minimum absolute atomic E-state index is 0.261. The van der Waals surface area contributed by atoms with Crippen molar-refractivity contribution in [3.8, 4) is 5.75 Å². The van der Waals surface area contributed by atoms with Crippen molar-refractivity contribution in [2.75, 3.05) is 25.5 Å². The topological polar surface area (TPSA) is 41.5 Å². The van der Waals surface area contributed by atoms with Gasteiger partial charge in [0.05, 0.1) is 6.61 Å². The molecule has 0 aliphatic carbocycles. The lowest BCUT2D eigenvalue weighted by Crippen LogP contribution is -2.25. The summed E-state index contributed by atoms with van der Waals surface area (Å²) in [7, 11) is 0. The fourth-order valence-corrected chi connectivity index (χ4v) is 3.25. The molecule has 120 valence electrons. The molecule has 0 amide bonds. The van der Waals surface area contributed by atoms with E-state index in [1.165, 1.54) is 5.56 Å². The SMILES string of the molecule is CCCNC(CSC(C)CCO)c1ccccc1OCC. The Morgan fingerprint density at radius 2 is 2.05 bits per heavy atom. The van der Waals surface area contributed by atoms with Crippen LogP contribution >= 0.6 is 11.8 Å². The molecule has 3 nitrogen and oxygen atoms in total. The Hall–Kier alpha value is -0.710. The molecule has 0 aromatic heterocycles. The van der Waals surface area contributed by atoms with Crippen molar-refractivity contribution in [3.63, 3.8) is 0 Å². The number of hydrogen-bond donors (Lipinski definition) is 2. The van der Waals surface area contributed by atoms with E-state index in [-0.39, 0.29) is 6.61 Å². The van der Waals surface area contributed by atoms with Gasteiger partial charge >= 0.3 is 0 Å². The molecule has 0 spiro atoms. The molecule has 21 heavy (non-hydrogen) atoms. The maximum atomic E-state index is 9.03. The summed E-state index contributed by atoms with van der Waals surface area (Å²) in [6.07, 6.45) is 1.96. The molecule has 0 aliphatic heterocycles. The van der Waals surface area contributed by atoms with Gasteiger partial charge in [-0.1, -0.05) is 32.0 Å². The first-order chi connectivity index (χ1) is 10.2. The molecule has 0 aliphatic rings. The second-order valence-corrected chi connectivity index (χ2v) is 6.61. The quantitative estimate of drug-likeness (QED) is 0.655. The number of thioether (sulfide) groups is 1. The van der Waals surface area contributed by atoms with Crippen molar-refractivity contribution in [1.29, 1.82) is 0 Å². The van der Waals surface area contributed by atoms with Crippen molar-refractivity contribution in [2.24, 2.45) is 0 Å². The number of ether oxygens (including phenoxy) is 1. The Bertz CT molecular complexity index is 387. The first-order valence-corrected chi connectivity index (χ1v) is 8.95. The van der Waals surface area contributed by atoms with Gasteiger partial charge in [0.25, 0.3) is 0 Å². The minimum atomic E-state index is 0.261. The Morgan fingerprint density at radius 1 is 1.29 bits per heavy atom. The largest absolute Gasteiger partial charge is 0.494 e. The highest BCUT2D eigenvalue weighted by Crippen LogP contribution is 2.29. The Balaban J connectivity index is 2.76. The number of aliphatic hydroxyl groups excluding tert-OH is 1. The van der Waals surface area contributed by atoms with Gasteiger partial charge in [-0.2, -0.15) is 11.8 Å². The van der Waals surface area contributed by atoms with E-state index in [1.54, 1.807) is 0 Å². The van der Waals surface area contributed by atoms with E-state index in [4.69, 9.17) is 9.84 Å². The molecule has 0 fully saturated rings. The van der Waals surface area contributed by atoms with Gasteiger partial charge in [0, 0.05) is 29.2 Å². The summed E-state index contributed by atoms with van der Waals surface area (Å²) in [5.41, 5.74) is 1.23. The van der Waals surface area contributed by atoms with Gasteiger partial charge in [-0.15, -0.1) is 0 Å². The van der Waals surface area contributed by atoms with Crippen LogP contribution in [0.1, 0.15) is 45.2 Å². The highest BCUT2D eigenvalue weighted by atomic mass is 32.2. The van der Waals surface area contributed by atoms with Gasteiger partial charge in [-0.3, -0.25) is 0 Å². The minimum Gasteiger partial charge on any atom is -0.494 e. The number of rotatable bonds is 11. The van der Waals surface area contributed by atoms with E-state index in [9.17, 15) is 0 Å². The van der Waals surface area contributed by atoms with E-state index in [2.05, 4.69) is 31.3 Å². The fourth-order valence-electron chi connectivity index (χ4n) is 2.16. The summed E-state index contributed by atoms with van der Waals surface area (Å²) in [6, 6.07) is 8.57. The van der Waals surface area contributed by atoms with Gasteiger partial charge in [-0.05, 0) is 32.4 Å². The highest BCUT2D eigenvalue weighted by molar-refractivity contribution is 7.99. The zero-order valence-electron chi connectivity index (χ0n) is 13.5. The van der Waals surface area contributed by atoms with Crippen LogP contribution in [-0.2, 0) is 0 Å². The molecule has 0 saturated heterocycles. The number of hydrogen-bond acceptors (Lipinski definition) is 4. The summed E-state index contributed by atoms with van der Waals surface area (Å²) in [6.45, 7) is 8.32. The molecule has 4 heteroatoms. The zero-order chi connectivity index (χ0) is 15.5. The van der Waals surface area contributed by atoms with E-state index in [0.29, 0.717) is 17.9 Å². The zero-order valence-corrected chi connectivity index (χ0v) is 14.3. The van der Waals surface area contributed by atoms with Crippen molar-refractivity contribution >= 4 is 11.8 Å². The van der Waals surface area contributed by atoms with Crippen LogP contribution in [0, 0.1) is 0 Å². The van der Waals surface area contributed by atoms with E-state index in [0.717, 1.165) is 30.9 Å². The van der Waals surface area contributed by atoms with Gasteiger partial charge < -0.3 is 15.2 Å². The molecule has 2 N–H and O–H groups in total. The predicted molar refractivity (Wildman–Crippen MR) is 92.3 cm³/mol. The molecule has 1 aromatic carbocycles. The maximum absolute atomic E-state index is 9.03. The molecule has 2 atom stereocenters. The Labute approximate surface area is 133 Å². The second kappa shape index (κ2) is 10.9. The Kier molecular flexibility index (Phi) is 9.55. The monoisotopic (exact) mass is 311 g/mol. The van der Waals surface area contributed by atoms with Gasteiger partial charge in [0.15, 0.2) is 0 Å². The highest BCUT2D eigenvalue weighted by Gasteiger charge is 2.16. The lowest BCUT2D eigenvalue weighted by Gasteiger charge is -2.23. The number of aliphatic hydroxyl groups is 1. The lowest BCUT2D eigenvalue weighted by molar-refractivity contribution is 0.289. The van der Waals surface area contributed by atoms with Crippen LogP contribution in [-0.4, -0.2) is 35.9 Å². The first kappa shape index (κ1) is 18.3. The molecule has 1 rings (SSSR count). The van der Waals surface area contributed by atoms with E-state index in [1.807, 2.05) is 30.8 Å². The van der Waals surface area contributed by atoms with Gasteiger partial charge in [0.2, 0.25) is 0 Å². The van der Waals surface area contributed by atoms with Crippen LogP contribution in [0.3, 0.4) is 0 Å². The summed E-state index contributed by atoms with van der Waals surface area (Å²) in [5, 5.41) is 13.1. The molecule has 2 unspecified atom stereocenters. The molecular formula is C17H29NO2S. The normalized spacial score (nSPS) is 13.9. The van der Waals surface area contributed by atoms with E-state index >= 15 is 0 Å². The summed E-state index contributed by atoms with van der Waals surface area (Å²) in [5.74, 6) is 1.97. The standard InChI is InChI=1S/C17H29NO2S/c1-4-11-18-16(13-21-14(3)10-12-19)15-8-6-7-9-17(15)20-5-2/h6-9,14,16,18-19H,4-5,10-13H2,1-3H3. The van der Waals surface area contributed by atoms with Crippen LogP contribution in [0.15, 0.2) is 24.3 Å². The average molecular weight is 311 g/mol. The smallest absolute Gasteiger partial charge is 0.124 e. The fraction of sp³-hybridized carbons (Fsp3) is 0.647. The van der Waals surface area contributed by atoms with Gasteiger partial charge in [0.1, 0.15) is 5.75 Å². The van der Waals surface area contributed by atoms with Crippen LogP contribution < -0.4 is 10.1 Å². The van der Waals surface area contributed by atoms with Crippen LogP contribution in [0.2, 0.25) is 0 Å². The predicted octanol–water partition coefficient (Wildman–Crippen LogP) is 3.63. The molecule has 1 aromatic rings. The third-order valence-corrected chi connectivity index (χ3v) is 4.65. The van der Waals surface area contributed by atoms with Crippen molar-refractivity contribution in [2.45, 2.75) is 44.9 Å². The first-order valence-electron chi connectivity index (χ1n) is 7.90. The number of para-hydroxylation sites is 1. The lowest BCUT2D eigenvalue weighted by atomic mass is 10.1. The molecular weight excluding hydrogens is 282 g/mol. The molecule has 0 bridgehead atoms.